The number of aromatic amines is 1. The molecule has 12 nitrogen and oxygen atoms in total. The molecule has 14 heteroatoms. The molecule has 51 heavy (non-hydrogen) atoms. The van der Waals surface area contributed by atoms with E-state index in [9.17, 15) is 18.0 Å². The molecule has 1 N–H and O–H groups in total. The summed E-state index contributed by atoms with van der Waals surface area (Å²) in [5.74, 6) is 1.32. The number of nitrogens with one attached hydrogen (secondary N) is 1. The maximum Gasteiger partial charge on any atom is 0.330 e. The van der Waals surface area contributed by atoms with Crippen LogP contribution in [0.25, 0.3) is 0 Å². The van der Waals surface area contributed by atoms with E-state index in [1.54, 1.807) is 14.2 Å². The van der Waals surface area contributed by atoms with Crippen LogP contribution in [0, 0.1) is 0 Å². The lowest BCUT2D eigenvalue weighted by molar-refractivity contribution is -0.0942. The normalized spacial score (nSPS) is 19.9. The van der Waals surface area contributed by atoms with Gasteiger partial charge in [0.2, 0.25) is 0 Å². The largest absolute Gasteiger partial charge is 0.497 e. The Balaban J connectivity index is 1.69. The number of ether oxygens (including phenoxy) is 4. The summed E-state index contributed by atoms with van der Waals surface area (Å²) in [6.45, 7) is 10.1. The molecule has 0 spiro atoms. The first kappa shape index (κ1) is 38.2. The van der Waals surface area contributed by atoms with Crippen LogP contribution in [0.15, 0.2) is 101 Å². The van der Waals surface area contributed by atoms with Gasteiger partial charge in [-0.05, 0) is 59.1 Å². The van der Waals surface area contributed by atoms with Crippen molar-refractivity contribution in [1.29, 1.82) is 0 Å². The molecular formula is C37H46N2O10SSi. The molecule has 0 amide bonds. The summed E-state index contributed by atoms with van der Waals surface area (Å²) >= 11 is 0. The highest BCUT2D eigenvalue weighted by atomic mass is 32.2. The van der Waals surface area contributed by atoms with E-state index >= 15 is 0 Å². The molecule has 0 unspecified atom stereocenters. The summed E-state index contributed by atoms with van der Waals surface area (Å²) in [7, 11) is -3.56. The maximum atomic E-state index is 13.1. The first-order valence-electron chi connectivity index (χ1n) is 16.5. The average molecular weight is 739 g/mol. The van der Waals surface area contributed by atoms with E-state index in [2.05, 4.69) is 25.8 Å². The SMILES string of the molecule is COc1ccc(C(OC[C@H]2O[C@@H](n3ccc(=O)[nH]c3=O)[C@H](OS(C)(=O)=O)[C@@H]2O[Si](C)(C)C(C)(C)C)(c2ccccc2)c2ccc(OC)cc2)cc1. The number of hydrogen-bond acceptors (Lipinski definition) is 10. The van der Waals surface area contributed by atoms with Crippen LogP contribution >= 0.6 is 0 Å². The van der Waals surface area contributed by atoms with Crippen LogP contribution in [0.3, 0.4) is 0 Å². The lowest BCUT2D eigenvalue weighted by Crippen LogP contribution is -2.51. The number of hydrogen-bond donors (Lipinski definition) is 1. The van der Waals surface area contributed by atoms with Gasteiger partial charge >= 0.3 is 5.69 Å². The summed E-state index contributed by atoms with van der Waals surface area (Å²) in [5, 5.41) is -0.291. The van der Waals surface area contributed by atoms with Crippen LogP contribution in [0.1, 0.15) is 43.7 Å². The number of nitrogens with zero attached hydrogens (tertiary/aromatic N) is 1. The quantitative estimate of drug-likeness (QED) is 0.111. The fourth-order valence-electron chi connectivity index (χ4n) is 5.94. The van der Waals surface area contributed by atoms with Gasteiger partial charge in [0.15, 0.2) is 14.5 Å². The third-order valence-corrected chi connectivity index (χ3v) is 14.6. The van der Waals surface area contributed by atoms with Crippen molar-refractivity contribution >= 4 is 18.4 Å². The zero-order valence-corrected chi connectivity index (χ0v) is 31.9. The minimum Gasteiger partial charge on any atom is -0.497 e. The summed E-state index contributed by atoms with van der Waals surface area (Å²) in [4.78, 5) is 27.3. The summed E-state index contributed by atoms with van der Waals surface area (Å²) in [5.41, 5.74) is -0.288. The number of methoxy groups -OCH3 is 2. The second kappa shape index (κ2) is 14.9. The van der Waals surface area contributed by atoms with Gasteiger partial charge in [-0.1, -0.05) is 75.4 Å². The van der Waals surface area contributed by atoms with E-state index in [-0.39, 0.29) is 11.6 Å². The van der Waals surface area contributed by atoms with E-state index in [0.29, 0.717) is 11.5 Å². The Morgan fingerprint density at radius 2 is 1.33 bits per heavy atom. The number of rotatable bonds is 13. The van der Waals surface area contributed by atoms with Crippen molar-refractivity contribution in [3.05, 3.63) is 129 Å². The predicted octanol–water partition coefficient (Wildman–Crippen LogP) is 5.20. The Bertz CT molecular complexity index is 1960. The highest BCUT2D eigenvalue weighted by Gasteiger charge is 2.54. The van der Waals surface area contributed by atoms with Crippen LogP contribution < -0.4 is 20.7 Å². The van der Waals surface area contributed by atoms with Crippen molar-refractivity contribution < 1.29 is 36.0 Å². The Hall–Kier alpha value is -4.05. The molecule has 5 rings (SSSR count). The van der Waals surface area contributed by atoms with Gasteiger partial charge < -0.3 is 23.4 Å². The highest BCUT2D eigenvalue weighted by Crippen LogP contribution is 2.45. The summed E-state index contributed by atoms with van der Waals surface area (Å²) in [6, 6.07) is 25.9. The van der Waals surface area contributed by atoms with Gasteiger partial charge in [0.1, 0.15) is 35.4 Å². The fourth-order valence-corrected chi connectivity index (χ4v) is 7.87. The second-order valence-electron chi connectivity index (χ2n) is 14.0. The van der Waals surface area contributed by atoms with Crippen molar-refractivity contribution in [2.45, 2.75) is 69.0 Å². The molecule has 1 fully saturated rings. The molecule has 4 aromatic rings. The van der Waals surface area contributed by atoms with E-state index < -0.39 is 59.8 Å². The molecule has 1 aliphatic heterocycles. The van der Waals surface area contributed by atoms with Gasteiger partial charge in [0, 0.05) is 12.3 Å². The Morgan fingerprint density at radius 3 is 1.80 bits per heavy atom. The van der Waals surface area contributed by atoms with E-state index in [0.717, 1.165) is 33.6 Å². The predicted molar refractivity (Wildman–Crippen MR) is 195 cm³/mol. The summed E-state index contributed by atoms with van der Waals surface area (Å²) in [6.07, 6.45) is -2.38. The fraction of sp³-hybridized carbons (Fsp3) is 0.405. The Morgan fingerprint density at radius 1 is 0.804 bits per heavy atom. The van der Waals surface area contributed by atoms with Crippen molar-refractivity contribution in [3.8, 4) is 11.5 Å². The average Bonchev–Trinajstić information content (AvgIpc) is 3.39. The molecule has 1 aliphatic rings. The molecule has 0 aliphatic carbocycles. The zero-order valence-electron chi connectivity index (χ0n) is 30.1. The molecule has 1 aromatic heterocycles. The van der Waals surface area contributed by atoms with E-state index in [1.807, 2.05) is 92.0 Å². The topological polar surface area (TPSA) is 144 Å². The third-order valence-electron chi connectivity index (χ3n) is 9.57. The first-order valence-corrected chi connectivity index (χ1v) is 21.2. The molecule has 0 bridgehead atoms. The van der Waals surface area contributed by atoms with Gasteiger partial charge in [0.05, 0.1) is 27.1 Å². The smallest absolute Gasteiger partial charge is 0.330 e. The Kier molecular flexibility index (Phi) is 11.2. The van der Waals surface area contributed by atoms with Gasteiger partial charge in [-0.25, -0.2) is 4.79 Å². The Labute approximate surface area is 299 Å². The minimum absolute atomic E-state index is 0.134. The van der Waals surface area contributed by atoms with Gasteiger partial charge in [0.25, 0.3) is 15.7 Å². The number of aromatic nitrogens is 2. The third kappa shape index (κ3) is 8.21. The molecular weight excluding hydrogens is 693 g/mol. The molecule has 3 aromatic carbocycles. The van der Waals surface area contributed by atoms with Crippen molar-refractivity contribution in [1.82, 2.24) is 9.55 Å². The zero-order chi connectivity index (χ0) is 37.2. The lowest BCUT2D eigenvalue weighted by atomic mass is 9.80. The van der Waals surface area contributed by atoms with Gasteiger partial charge in [-0.15, -0.1) is 0 Å². The molecule has 4 atom stereocenters. The molecule has 274 valence electrons. The molecule has 1 saturated heterocycles. The summed E-state index contributed by atoms with van der Waals surface area (Å²) < 4.78 is 63.9. The second-order valence-corrected chi connectivity index (χ2v) is 20.4. The van der Waals surface area contributed by atoms with E-state index in [4.69, 9.17) is 27.6 Å². The highest BCUT2D eigenvalue weighted by molar-refractivity contribution is 7.86. The minimum atomic E-state index is -4.10. The lowest BCUT2D eigenvalue weighted by Gasteiger charge is -2.41. The standard InChI is InChI=1S/C37H46N2O10SSi/c1-36(2,3)51(7,8)49-32-30(47-34(33(32)48-50(6,42)43)39-23-22-31(40)38-35(39)41)24-46-37(25-12-10-9-11-13-25,26-14-18-28(44-4)19-15-26)27-16-20-29(45-5)21-17-27/h9-23,30,32-34H,24H2,1-8H3,(H,38,40,41)/t30-,32-,33-,34-/m1/s1. The first-order chi connectivity index (χ1) is 24.0. The van der Waals surface area contributed by atoms with Crippen LogP contribution in [0.5, 0.6) is 11.5 Å². The molecule has 0 radical (unpaired) electrons. The van der Waals surface area contributed by atoms with Gasteiger partial charge in [-0.3, -0.25) is 18.5 Å². The molecule has 0 saturated carbocycles. The van der Waals surface area contributed by atoms with Crippen LogP contribution in [0.4, 0.5) is 0 Å². The molecule has 2 heterocycles. The van der Waals surface area contributed by atoms with Crippen molar-refractivity contribution in [2.75, 3.05) is 27.1 Å². The number of benzene rings is 3. The monoisotopic (exact) mass is 738 g/mol. The number of H-pyrrole nitrogens is 1. The van der Waals surface area contributed by atoms with Crippen molar-refractivity contribution in [3.63, 3.8) is 0 Å². The van der Waals surface area contributed by atoms with Crippen LogP contribution in [-0.2, 0) is 33.8 Å². The van der Waals surface area contributed by atoms with Crippen LogP contribution in [-0.4, -0.2) is 71.7 Å². The van der Waals surface area contributed by atoms with E-state index in [1.165, 1.54) is 6.20 Å². The maximum absolute atomic E-state index is 13.1. The van der Waals surface area contributed by atoms with Crippen molar-refractivity contribution in [2.24, 2.45) is 0 Å². The van der Waals surface area contributed by atoms with Crippen LogP contribution in [0.2, 0.25) is 18.1 Å². The van der Waals surface area contributed by atoms with Gasteiger partial charge in [-0.2, -0.15) is 8.42 Å².